The summed E-state index contributed by atoms with van der Waals surface area (Å²) in [5.74, 6) is -0.391. The van der Waals surface area contributed by atoms with Gasteiger partial charge in [-0.25, -0.2) is 19.1 Å². The van der Waals surface area contributed by atoms with Gasteiger partial charge in [-0.3, -0.25) is 0 Å². The Kier molecular flexibility index (Phi) is 4.14. The van der Waals surface area contributed by atoms with E-state index in [9.17, 15) is 9.59 Å². The molecule has 1 saturated carbocycles. The van der Waals surface area contributed by atoms with Crippen molar-refractivity contribution in [3.63, 3.8) is 0 Å². The van der Waals surface area contributed by atoms with Gasteiger partial charge in [0.25, 0.3) is 0 Å². The summed E-state index contributed by atoms with van der Waals surface area (Å²) in [5, 5.41) is 9.74. The number of hydrogen-bond acceptors (Lipinski definition) is 5. The van der Waals surface area contributed by atoms with Gasteiger partial charge in [-0.2, -0.15) is 5.10 Å². The number of urea groups is 1. The molecule has 0 unspecified atom stereocenters. The number of nitrogens with one attached hydrogen (secondary N) is 2. The van der Waals surface area contributed by atoms with Gasteiger partial charge in [-0.1, -0.05) is 0 Å². The van der Waals surface area contributed by atoms with Gasteiger partial charge in [-0.15, -0.1) is 0 Å². The second kappa shape index (κ2) is 6.02. The number of aromatic nitrogens is 3. The zero-order valence-electron chi connectivity index (χ0n) is 14.9. The van der Waals surface area contributed by atoms with Crippen molar-refractivity contribution in [1.82, 2.24) is 19.9 Å². The van der Waals surface area contributed by atoms with Crippen LogP contribution in [0.15, 0.2) is 18.5 Å². The molecule has 2 aromatic heterocycles. The van der Waals surface area contributed by atoms with E-state index in [0.29, 0.717) is 24.2 Å². The maximum atomic E-state index is 12.4. The summed E-state index contributed by atoms with van der Waals surface area (Å²) < 4.78 is 7.04. The first kappa shape index (κ1) is 17.2. The molecule has 0 atom stereocenters. The number of aryl methyl sites for hydroxylation is 1. The highest BCUT2D eigenvalue weighted by Crippen LogP contribution is 2.34. The third-order valence-corrected chi connectivity index (χ3v) is 4.04. The monoisotopic (exact) mass is 345 g/mol. The van der Waals surface area contributed by atoms with Crippen molar-refractivity contribution in [2.24, 2.45) is 0 Å². The van der Waals surface area contributed by atoms with Gasteiger partial charge < -0.3 is 15.4 Å². The fourth-order valence-electron chi connectivity index (χ4n) is 2.73. The molecular formula is C17H23N5O3. The molecule has 8 nitrogen and oxygen atoms in total. The Morgan fingerprint density at radius 1 is 1.32 bits per heavy atom. The van der Waals surface area contributed by atoms with E-state index in [0.717, 1.165) is 12.1 Å². The Morgan fingerprint density at radius 2 is 2.04 bits per heavy atom. The van der Waals surface area contributed by atoms with Crippen molar-refractivity contribution in [2.75, 3.05) is 5.32 Å². The first-order valence-corrected chi connectivity index (χ1v) is 8.32. The molecule has 0 aromatic carbocycles. The first-order chi connectivity index (χ1) is 11.7. The molecule has 2 aromatic rings. The first-order valence-electron chi connectivity index (χ1n) is 8.32. The fraction of sp³-hybridized carbons (Fsp3) is 0.529. The fourth-order valence-corrected chi connectivity index (χ4v) is 2.73. The van der Waals surface area contributed by atoms with E-state index in [-0.39, 0.29) is 0 Å². The molecule has 0 bridgehead atoms. The number of hydrogen-bond donors (Lipinski definition) is 2. The van der Waals surface area contributed by atoms with Gasteiger partial charge in [0.1, 0.15) is 11.1 Å². The molecular weight excluding hydrogens is 322 g/mol. The minimum absolute atomic E-state index is 0.391. The van der Waals surface area contributed by atoms with Crippen molar-refractivity contribution < 1.29 is 14.3 Å². The van der Waals surface area contributed by atoms with Crippen molar-refractivity contribution in [3.8, 4) is 0 Å². The maximum absolute atomic E-state index is 12.4. The van der Waals surface area contributed by atoms with Crippen molar-refractivity contribution in [1.29, 1.82) is 0 Å². The summed E-state index contributed by atoms with van der Waals surface area (Å²) in [6.07, 6.45) is 5.25. The van der Waals surface area contributed by atoms with Gasteiger partial charge in [0, 0.05) is 6.07 Å². The van der Waals surface area contributed by atoms with E-state index in [1.165, 1.54) is 0 Å². The van der Waals surface area contributed by atoms with Gasteiger partial charge in [0.05, 0.1) is 23.8 Å². The normalized spacial score (nSPS) is 16.2. The van der Waals surface area contributed by atoms with E-state index in [2.05, 4.69) is 20.7 Å². The van der Waals surface area contributed by atoms with E-state index in [1.807, 2.05) is 33.8 Å². The Labute approximate surface area is 146 Å². The van der Waals surface area contributed by atoms with E-state index >= 15 is 0 Å². The summed E-state index contributed by atoms with van der Waals surface area (Å²) in [7, 11) is 0. The minimum Gasteiger partial charge on any atom is -0.458 e. The second-order valence-corrected chi connectivity index (χ2v) is 7.45. The summed E-state index contributed by atoms with van der Waals surface area (Å²) in [6.45, 7) is 7.30. The quantitative estimate of drug-likeness (QED) is 0.833. The molecule has 0 saturated heterocycles. The molecule has 25 heavy (non-hydrogen) atoms. The lowest BCUT2D eigenvalue weighted by molar-refractivity contribution is -0.166. The van der Waals surface area contributed by atoms with Gasteiger partial charge in [0.2, 0.25) is 0 Å². The number of nitrogens with zero attached hydrogens (tertiary/aromatic N) is 3. The Morgan fingerprint density at radius 3 is 2.64 bits per heavy atom. The SMILES string of the molecule is Cc1cc2ncc(NC(=O)NC3(C(=O)OC(C)(C)C)CCC3)cn2n1. The van der Waals surface area contributed by atoms with Crippen LogP contribution >= 0.6 is 0 Å². The predicted octanol–water partition coefficient (Wildman–Crippen LogP) is 2.42. The Hall–Kier alpha value is -2.64. The molecule has 134 valence electrons. The van der Waals surface area contributed by atoms with E-state index < -0.39 is 23.1 Å². The van der Waals surface area contributed by atoms with Crippen LogP contribution in [-0.2, 0) is 9.53 Å². The van der Waals surface area contributed by atoms with Crippen molar-refractivity contribution in [2.45, 2.75) is 58.1 Å². The molecule has 2 amide bonds. The Balaban J connectivity index is 1.68. The molecule has 1 fully saturated rings. The summed E-state index contributed by atoms with van der Waals surface area (Å²) in [4.78, 5) is 29.0. The highest BCUT2D eigenvalue weighted by Gasteiger charge is 2.48. The number of fused-ring (bicyclic) bond motifs is 1. The predicted molar refractivity (Wildman–Crippen MR) is 92.3 cm³/mol. The summed E-state index contributed by atoms with van der Waals surface area (Å²) in [6, 6.07) is 1.38. The summed E-state index contributed by atoms with van der Waals surface area (Å²) in [5.41, 5.74) is 0.494. The number of amides is 2. The molecule has 2 heterocycles. The number of carbonyl (C=O) groups is 2. The van der Waals surface area contributed by atoms with Crippen LogP contribution in [0.1, 0.15) is 45.7 Å². The van der Waals surface area contributed by atoms with Crippen LogP contribution in [0.3, 0.4) is 0 Å². The molecule has 0 spiro atoms. The van der Waals surface area contributed by atoms with Crippen LogP contribution in [0, 0.1) is 6.92 Å². The molecule has 0 radical (unpaired) electrons. The lowest BCUT2D eigenvalue weighted by atomic mass is 9.76. The van der Waals surface area contributed by atoms with Crippen LogP contribution in [0.4, 0.5) is 10.5 Å². The molecule has 0 aliphatic heterocycles. The smallest absolute Gasteiger partial charge is 0.332 e. The van der Waals surface area contributed by atoms with E-state index in [1.54, 1.807) is 16.9 Å². The average Bonchev–Trinajstić information content (AvgIpc) is 2.80. The average molecular weight is 345 g/mol. The number of ether oxygens (including phenoxy) is 1. The van der Waals surface area contributed by atoms with Crippen LogP contribution in [0.25, 0.3) is 5.65 Å². The van der Waals surface area contributed by atoms with Crippen LogP contribution < -0.4 is 10.6 Å². The highest BCUT2D eigenvalue weighted by molar-refractivity contribution is 5.94. The van der Waals surface area contributed by atoms with Crippen LogP contribution in [0.2, 0.25) is 0 Å². The molecule has 1 aliphatic rings. The van der Waals surface area contributed by atoms with Gasteiger partial charge in [0.15, 0.2) is 5.65 Å². The zero-order valence-corrected chi connectivity index (χ0v) is 14.9. The zero-order chi connectivity index (χ0) is 18.2. The van der Waals surface area contributed by atoms with Gasteiger partial charge in [-0.05, 0) is 47.0 Å². The number of rotatable bonds is 3. The van der Waals surface area contributed by atoms with E-state index in [4.69, 9.17) is 4.74 Å². The maximum Gasteiger partial charge on any atom is 0.332 e. The molecule has 3 rings (SSSR count). The topological polar surface area (TPSA) is 97.6 Å². The lowest BCUT2D eigenvalue weighted by Gasteiger charge is -2.41. The molecule has 8 heteroatoms. The third kappa shape index (κ3) is 3.72. The largest absolute Gasteiger partial charge is 0.458 e. The van der Waals surface area contributed by atoms with Crippen molar-refractivity contribution >= 4 is 23.3 Å². The number of anilines is 1. The Bertz CT molecular complexity index is 817. The number of carbonyl (C=O) groups excluding carboxylic acids is 2. The minimum atomic E-state index is -0.947. The molecule has 2 N–H and O–H groups in total. The standard InChI is InChI=1S/C17H23N5O3/c1-11-8-13-18-9-12(10-22(13)21-11)19-15(24)20-17(6-5-7-17)14(23)25-16(2,3)4/h8-10H,5-7H2,1-4H3,(H2,19,20,24). The van der Waals surface area contributed by atoms with Gasteiger partial charge >= 0.3 is 12.0 Å². The summed E-state index contributed by atoms with van der Waals surface area (Å²) >= 11 is 0. The van der Waals surface area contributed by atoms with Crippen LogP contribution in [-0.4, -0.2) is 37.7 Å². The second-order valence-electron chi connectivity index (χ2n) is 7.45. The highest BCUT2D eigenvalue weighted by atomic mass is 16.6. The molecule has 1 aliphatic carbocycles. The lowest BCUT2D eigenvalue weighted by Crippen LogP contribution is -2.61. The van der Waals surface area contributed by atoms with Crippen molar-refractivity contribution in [3.05, 3.63) is 24.2 Å². The third-order valence-electron chi connectivity index (χ3n) is 4.04. The van der Waals surface area contributed by atoms with Crippen LogP contribution in [0.5, 0.6) is 0 Å². The number of esters is 1.